The van der Waals surface area contributed by atoms with Crippen molar-refractivity contribution in [2.24, 2.45) is 5.92 Å². The SMILES string of the molecule is CCOC(=O)N1CCC(Cc2nc3cc(Cl)c(OC)cc3n2Cc2ccc(F)cc2)CC1. The van der Waals surface area contributed by atoms with Crippen LogP contribution in [0.5, 0.6) is 5.75 Å². The summed E-state index contributed by atoms with van der Waals surface area (Å²) in [4.78, 5) is 18.6. The maximum absolute atomic E-state index is 13.4. The van der Waals surface area contributed by atoms with Crippen LogP contribution in [0.1, 0.15) is 31.2 Å². The van der Waals surface area contributed by atoms with Gasteiger partial charge in [-0.25, -0.2) is 14.2 Å². The van der Waals surface area contributed by atoms with E-state index in [0.29, 0.717) is 42.9 Å². The topological polar surface area (TPSA) is 56.6 Å². The fraction of sp³-hybridized carbons (Fsp3) is 0.417. The number of nitrogens with zero attached hydrogens (tertiary/aromatic N) is 3. The van der Waals surface area contributed by atoms with Gasteiger partial charge < -0.3 is 18.9 Å². The number of halogens is 2. The number of carbonyl (C=O) groups is 1. The second-order valence-corrected chi connectivity index (χ2v) is 8.46. The van der Waals surface area contributed by atoms with Crippen LogP contribution in [0, 0.1) is 11.7 Å². The molecule has 1 aromatic heterocycles. The Hall–Kier alpha value is -2.80. The fourth-order valence-electron chi connectivity index (χ4n) is 4.23. The molecule has 32 heavy (non-hydrogen) atoms. The van der Waals surface area contributed by atoms with Crippen LogP contribution in [-0.4, -0.2) is 47.4 Å². The van der Waals surface area contributed by atoms with Crippen molar-refractivity contribution in [3.63, 3.8) is 0 Å². The normalized spacial score (nSPS) is 14.7. The summed E-state index contributed by atoms with van der Waals surface area (Å²) in [6.07, 6.45) is 2.33. The molecule has 170 valence electrons. The molecule has 0 unspecified atom stereocenters. The van der Waals surface area contributed by atoms with E-state index in [9.17, 15) is 9.18 Å². The number of fused-ring (bicyclic) bond motifs is 1. The van der Waals surface area contributed by atoms with Crippen LogP contribution in [-0.2, 0) is 17.7 Å². The zero-order valence-electron chi connectivity index (χ0n) is 18.3. The van der Waals surface area contributed by atoms with Gasteiger partial charge in [-0.2, -0.15) is 0 Å². The summed E-state index contributed by atoms with van der Waals surface area (Å²) in [7, 11) is 1.59. The van der Waals surface area contributed by atoms with Crippen molar-refractivity contribution >= 4 is 28.7 Å². The number of ether oxygens (including phenoxy) is 2. The number of likely N-dealkylation sites (tertiary alicyclic amines) is 1. The molecular formula is C24H27ClFN3O3. The molecule has 2 heterocycles. The number of benzene rings is 2. The molecule has 1 aliphatic rings. The van der Waals surface area contributed by atoms with Gasteiger partial charge in [-0.3, -0.25) is 0 Å². The summed E-state index contributed by atoms with van der Waals surface area (Å²) in [6.45, 7) is 4.14. The van der Waals surface area contributed by atoms with Crippen LogP contribution < -0.4 is 4.74 Å². The molecule has 1 saturated heterocycles. The third kappa shape index (κ3) is 4.83. The van der Waals surface area contributed by atoms with Crippen molar-refractivity contribution in [3.05, 3.63) is 58.6 Å². The highest BCUT2D eigenvalue weighted by atomic mass is 35.5. The maximum Gasteiger partial charge on any atom is 0.409 e. The summed E-state index contributed by atoms with van der Waals surface area (Å²) in [6, 6.07) is 10.2. The highest BCUT2D eigenvalue weighted by molar-refractivity contribution is 6.32. The van der Waals surface area contributed by atoms with Gasteiger partial charge in [0.05, 0.1) is 29.8 Å². The smallest absolute Gasteiger partial charge is 0.409 e. The van der Waals surface area contributed by atoms with E-state index in [1.165, 1.54) is 12.1 Å². The standard InChI is InChI=1S/C24H27ClFN3O3/c1-3-32-24(30)28-10-8-16(9-11-28)12-23-27-20-13-19(25)22(31-2)14-21(20)29(23)15-17-4-6-18(26)7-5-17/h4-7,13-14,16H,3,8-12,15H2,1-2H3. The highest BCUT2D eigenvalue weighted by Crippen LogP contribution is 2.32. The van der Waals surface area contributed by atoms with E-state index in [4.69, 9.17) is 26.1 Å². The zero-order chi connectivity index (χ0) is 22.7. The Balaban J connectivity index is 1.60. The van der Waals surface area contributed by atoms with Crippen LogP contribution in [0.2, 0.25) is 5.02 Å². The number of imidazole rings is 1. The van der Waals surface area contributed by atoms with Gasteiger partial charge in [-0.1, -0.05) is 23.7 Å². The first-order valence-corrected chi connectivity index (χ1v) is 11.2. The number of hydrogen-bond donors (Lipinski definition) is 0. The van der Waals surface area contributed by atoms with Crippen molar-refractivity contribution in [1.29, 1.82) is 0 Å². The monoisotopic (exact) mass is 459 g/mol. The van der Waals surface area contributed by atoms with Crippen LogP contribution in [0.25, 0.3) is 11.0 Å². The van der Waals surface area contributed by atoms with Gasteiger partial charge in [0.1, 0.15) is 17.4 Å². The first kappa shape index (κ1) is 22.4. The van der Waals surface area contributed by atoms with E-state index in [-0.39, 0.29) is 11.9 Å². The minimum absolute atomic E-state index is 0.240. The van der Waals surface area contributed by atoms with Crippen molar-refractivity contribution in [2.45, 2.75) is 32.7 Å². The number of aromatic nitrogens is 2. The van der Waals surface area contributed by atoms with Crippen molar-refractivity contribution in [3.8, 4) is 5.75 Å². The number of carbonyl (C=O) groups excluding carboxylic acids is 1. The molecule has 1 fully saturated rings. The molecule has 1 aliphatic heterocycles. The molecule has 2 aromatic carbocycles. The van der Waals surface area contributed by atoms with Gasteiger partial charge in [0.2, 0.25) is 0 Å². The number of amides is 1. The zero-order valence-corrected chi connectivity index (χ0v) is 19.1. The second-order valence-electron chi connectivity index (χ2n) is 8.05. The average molecular weight is 460 g/mol. The molecule has 1 amide bonds. The van der Waals surface area contributed by atoms with Crippen molar-refractivity contribution in [1.82, 2.24) is 14.5 Å². The molecule has 0 radical (unpaired) electrons. The Labute approximate surface area is 191 Å². The lowest BCUT2D eigenvalue weighted by molar-refractivity contribution is 0.0916. The minimum Gasteiger partial charge on any atom is -0.495 e. The van der Waals surface area contributed by atoms with E-state index < -0.39 is 0 Å². The molecule has 4 rings (SSSR count). The number of piperidine rings is 1. The Morgan fingerprint density at radius 2 is 1.94 bits per heavy atom. The van der Waals surface area contributed by atoms with Gasteiger partial charge >= 0.3 is 6.09 Å². The number of hydrogen-bond acceptors (Lipinski definition) is 4. The molecule has 0 aliphatic carbocycles. The summed E-state index contributed by atoms with van der Waals surface area (Å²) < 4.78 is 26.1. The molecule has 0 bridgehead atoms. The lowest BCUT2D eigenvalue weighted by Gasteiger charge is -2.31. The van der Waals surface area contributed by atoms with Crippen LogP contribution in [0.3, 0.4) is 0 Å². The van der Waals surface area contributed by atoms with Crippen LogP contribution >= 0.6 is 11.6 Å². The van der Waals surface area contributed by atoms with Gasteiger partial charge in [-0.05, 0) is 49.4 Å². The Bertz CT molecular complexity index is 1090. The molecule has 0 spiro atoms. The highest BCUT2D eigenvalue weighted by Gasteiger charge is 2.25. The van der Waals surface area contributed by atoms with Crippen LogP contribution in [0.4, 0.5) is 9.18 Å². The van der Waals surface area contributed by atoms with E-state index in [1.807, 2.05) is 19.1 Å². The second kappa shape index (κ2) is 9.77. The Morgan fingerprint density at radius 3 is 2.59 bits per heavy atom. The van der Waals surface area contributed by atoms with E-state index in [2.05, 4.69) is 4.57 Å². The maximum atomic E-state index is 13.4. The third-order valence-corrected chi connectivity index (χ3v) is 6.26. The molecule has 6 nitrogen and oxygen atoms in total. The van der Waals surface area contributed by atoms with Gasteiger partial charge in [0, 0.05) is 32.1 Å². The third-order valence-electron chi connectivity index (χ3n) is 5.97. The van der Waals surface area contributed by atoms with Gasteiger partial charge in [0.25, 0.3) is 0 Å². The fourth-order valence-corrected chi connectivity index (χ4v) is 4.47. The van der Waals surface area contributed by atoms with E-state index in [1.54, 1.807) is 24.1 Å². The Morgan fingerprint density at radius 1 is 1.22 bits per heavy atom. The predicted octanol–water partition coefficient (Wildman–Crippen LogP) is 5.30. The number of methoxy groups -OCH3 is 1. The molecule has 0 atom stereocenters. The Kier molecular flexibility index (Phi) is 6.84. The molecular weight excluding hydrogens is 433 g/mol. The molecule has 0 saturated carbocycles. The summed E-state index contributed by atoms with van der Waals surface area (Å²) in [5, 5.41) is 0.515. The lowest BCUT2D eigenvalue weighted by atomic mass is 9.93. The first-order valence-electron chi connectivity index (χ1n) is 10.9. The van der Waals surface area contributed by atoms with E-state index >= 15 is 0 Å². The molecule has 8 heteroatoms. The predicted molar refractivity (Wildman–Crippen MR) is 122 cm³/mol. The largest absolute Gasteiger partial charge is 0.495 e. The quantitative estimate of drug-likeness (QED) is 0.502. The van der Waals surface area contributed by atoms with E-state index in [0.717, 1.165) is 41.7 Å². The molecule has 3 aromatic rings. The average Bonchev–Trinajstić information content (AvgIpc) is 3.10. The lowest BCUT2D eigenvalue weighted by Crippen LogP contribution is -2.39. The summed E-state index contributed by atoms with van der Waals surface area (Å²) >= 11 is 6.34. The van der Waals surface area contributed by atoms with Crippen molar-refractivity contribution in [2.75, 3.05) is 26.8 Å². The van der Waals surface area contributed by atoms with Gasteiger partial charge in [-0.15, -0.1) is 0 Å². The molecule has 0 N–H and O–H groups in total. The minimum atomic E-state index is -0.258. The number of rotatable bonds is 6. The summed E-state index contributed by atoms with van der Waals surface area (Å²) in [5.74, 6) is 1.69. The first-order chi connectivity index (χ1) is 15.5. The van der Waals surface area contributed by atoms with Crippen LogP contribution in [0.15, 0.2) is 36.4 Å². The summed E-state index contributed by atoms with van der Waals surface area (Å²) in [5.41, 5.74) is 2.71. The van der Waals surface area contributed by atoms with Gasteiger partial charge in [0.15, 0.2) is 0 Å². The van der Waals surface area contributed by atoms with Crippen molar-refractivity contribution < 1.29 is 18.7 Å².